The number of imidazole rings is 2. The van der Waals surface area contributed by atoms with Crippen LogP contribution in [0.4, 0.5) is 8.78 Å². The number of aliphatic hydroxyl groups is 1. The van der Waals surface area contributed by atoms with Crippen LogP contribution in [0.3, 0.4) is 0 Å². The molecule has 14 nitrogen and oxygen atoms in total. The molecule has 2 aromatic carbocycles. The van der Waals surface area contributed by atoms with Crippen LogP contribution in [-0.2, 0) is 23.9 Å². The normalized spacial score (nSPS) is 21.2. The van der Waals surface area contributed by atoms with Gasteiger partial charge in [0.2, 0.25) is 17.7 Å². The molecule has 336 valence electrons. The van der Waals surface area contributed by atoms with Gasteiger partial charge in [-0.15, -0.1) is 0 Å². The number of benzene rings is 2. The number of H-pyrrole nitrogens is 2. The van der Waals surface area contributed by atoms with E-state index >= 15 is 0 Å². The quantitative estimate of drug-likeness (QED) is 0.0868. The van der Waals surface area contributed by atoms with Crippen molar-refractivity contribution in [3.8, 4) is 33.6 Å². The third-order valence-corrected chi connectivity index (χ3v) is 11.7. The largest absolute Gasteiger partial charge is 0.385 e. The first-order chi connectivity index (χ1) is 29.4. The Bertz CT molecular complexity index is 2130. The first-order valence-corrected chi connectivity index (χ1v) is 21.3. The van der Waals surface area contributed by atoms with E-state index in [4.69, 9.17) is 19.4 Å². The Morgan fingerprint density at radius 3 is 1.63 bits per heavy atom. The minimum absolute atomic E-state index is 0.000288. The number of nitrogens with zero attached hydrogens (tertiary/aromatic N) is 4. The first kappa shape index (κ1) is 46.5. The summed E-state index contributed by atoms with van der Waals surface area (Å²) in [6.07, 6.45) is 0.389. The summed E-state index contributed by atoms with van der Waals surface area (Å²) in [6, 6.07) is 13.2. The summed E-state index contributed by atoms with van der Waals surface area (Å²) in [5.41, 5.74) is 4.22. The summed E-state index contributed by atoms with van der Waals surface area (Å²) in [6.45, 7) is 12.3. The summed E-state index contributed by atoms with van der Waals surface area (Å²) in [5.74, 6) is 0.0221. The lowest BCUT2D eigenvalue weighted by Gasteiger charge is -2.33. The second-order valence-electron chi connectivity index (χ2n) is 18.6. The smallest absolute Gasteiger partial charge is 0.243 e. The van der Waals surface area contributed by atoms with E-state index in [0.717, 1.165) is 22.3 Å². The minimum atomic E-state index is -1.28. The van der Waals surface area contributed by atoms with Gasteiger partial charge in [0.1, 0.15) is 36.3 Å². The van der Waals surface area contributed by atoms with Crippen molar-refractivity contribution in [1.29, 1.82) is 0 Å². The SMILES string of the molecule is COCCC(=O)N1C[C@H](F)C[C@H]1C(=O)N[C@H](c1nc(-c2ccc(-c3ccc(-c4c[nH]c([C@@H](NC(=O)[C@@H]5C[C@@H](F)CN5C(O)CCOC)C(C)(C)C)n4)cc3)cc2)c[nH]1)C(C)(C)C. The molecule has 2 saturated heterocycles. The highest BCUT2D eigenvalue weighted by Gasteiger charge is 2.43. The Balaban J connectivity index is 1.11. The number of alkyl halides is 2. The van der Waals surface area contributed by atoms with E-state index in [-0.39, 0.29) is 57.2 Å². The molecule has 4 heterocycles. The third-order valence-electron chi connectivity index (χ3n) is 11.7. The molecule has 6 rings (SSSR count). The van der Waals surface area contributed by atoms with E-state index in [0.29, 0.717) is 29.6 Å². The van der Waals surface area contributed by atoms with Gasteiger partial charge in [0.05, 0.1) is 49.1 Å². The van der Waals surface area contributed by atoms with Crippen molar-refractivity contribution in [2.24, 2.45) is 10.8 Å². The zero-order valence-electron chi connectivity index (χ0n) is 37.0. The average Bonchev–Trinajstić information content (AvgIpc) is 4.06. The minimum Gasteiger partial charge on any atom is -0.385 e. The predicted molar refractivity (Wildman–Crippen MR) is 232 cm³/mol. The van der Waals surface area contributed by atoms with Crippen molar-refractivity contribution in [2.45, 2.75) is 110 Å². The number of halogens is 2. The molecule has 2 aliphatic heterocycles. The fourth-order valence-corrected chi connectivity index (χ4v) is 8.22. The number of likely N-dealkylation sites (tertiary alicyclic amines) is 2. The van der Waals surface area contributed by atoms with Crippen molar-refractivity contribution in [1.82, 2.24) is 40.4 Å². The van der Waals surface area contributed by atoms with Gasteiger partial charge in [0.25, 0.3) is 0 Å². The van der Waals surface area contributed by atoms with Crippen LogP contribution in [0.1, 0.15) is 91.0 Å². The molecule has 0 spiro atoms. The molecule has 0 saturated carbocycles. The monoisotopic (exact) mass is 860 g/mol. The van der Waals surface area contributed by atoms with Crippen molar-refractivity contribution < 1.29 is 37.7 Å². The fourth-order valence-electron chi connectivity index (χ4n) is 8.22. The number of hydrogen-bond acceptors (Lipinski definition) is 9. The van der Waals surface area contributed by atoms with Crippen LogP contribution in [0.5, 0.6) is 0 Å². The van der Waals surface area contributed by atoms with Gasteiger partial charge in [-0.3, -0.25) is 19.3 Å². The van der Waals surface area contributed by atoms with Crippen LogP contribution in [0.25, 0.3) is 33.6 Å². The average molecular weight is 861 g/mol. The predicted octanol–water partition coefficient (Wildman–Crippen LogP) is 6.28. The number of nitrogens with one attached hydrogen (secondary N) is 4. The number of methoxy groups -OCH3 is 2. The maximum Gasteiger partial charge on any atom is 0.243 e. The highest BCUT2D eigenvalue weighted by atomic mass is 19.1. The maximum atomic E-state index is 14.5. The van der Waals surface area contributed by atoms with Gasteiger partial charge in [0, 0.05) is 70.2 Å². The van der Waals surface area contributed by atoms with Gasteiger partial charge in [-0.2, -0.15) is 0 Å². The molecule has 62 heavy (non-hydrogen) atoms. The lowest BCUT2D eigenvalue weighted by atomic mass is 9.86. The molecule has 0 radical (unpaired) electrons. The zero-order valence-corrected chi connectivity index (χ0v) is 37.0. The number of aromatic amines is 2. The summed E-state index contributed by atoms with van der Waals surface area (Å²) in [7, 11) is 3.02. The Morgan fingerprint density at radius 2 is 1.16 bits per heavy atom. The number of carbonyl (C=O) groups is 3. The molecule has 0 aliphatic carbocycles. The maximum absolute atomic E-state index is 14.5. The van der Waals surface area contributed by atoms with Gasteiger partial charge in [-0.25, -0.2) is 18.7 Å². The van der Waals surface area contributed by atoms with E-state index in [9.17, 15) is 28.3 Å². The molecule has 2 aliphatic rings. The van der Waals surface area contributed by atoms with Gasteiger partial charge in [-0.05, 0) is 22.0 Å². The molecule has 1 unspecified atom stereocenters. The fraction of sp³-hybridized carbons (Fsp3) is 0.543. The number of carbonyl (C=O) groups excluding carboxylic acids is 3. The van der Waals surface area contributed by atoms with E-state index in [1.165, 1.54) is 24.0 Å². The molecule has 2 aromatic heterocycles. The molecular weight excluding hydrogens is 799 g/mol. The van der Waals surface area contributed by atoms with Crippen LogP contribution in [0, 0.1) is 10.8 Å². The van der Waals surface area contributed by atoms with Crippen molar-refractivity contribution in [3.63, 3.8) is 0 Å². The van der Waals surface area contributed by atoms with Gasteiger partial charge in [-0.1, -0.05) is 90.1 Å². The molecule has 3 amide bonds. The molecule has 4 aromatic rings. The highest BCUT2D eigenvalue weighted by Crippen LogP contribution is 2.36. The van der Waals surface area contributed by atoms with Crippen LogP contribution in [0.15, 0.2) is 60.9 Å². The van der Waals surface area contributed by atoms with Gasteiger partial charge >= 0.3 is 0 Å². The number of aliphatic hydroxyl groups excluding tert-OH is 1. The van der Waals surface area contributed by atoms with Crippen molar-refractivity contribution >= 4 is 17.7 Å². The summed E-state index contributed by atoms with van der Waals surface area (Å²) in [5, 5.41) is 16.8. The van der Waals surface area contributed by atoms with E-state index in [2.05, 4.69) is 20.6 Å². The van der Waals surface area contributed by atoms with E-state index in [1.807, 2.05) is 90.1 Å². The van der Waals surface area contributed by atoms with Crippen LogP contribution >= 0.6 is 0 Å². The number of amides is 3. The highest BCUT2D eigenvalue weighted by molar-refractivity contribution is 5.89. The molecule has 0 bridgehead atoms. The standard InChI is InChI=1S/C46H62F2N8O6/c1-45(2,3)39(53-43(59)35-21-31(47)25-55(35)37(57)17-19-61-7)41-49-23-33(51-41)29-13-9-27(10-14-29)28-11-15-30(16-12-28)34-24-50-42(52-34)40(46(4,5)6)54-44(60)36-22-32(48)26-56(36)38(58)18-20-62-8/h9-16,23-24,31-32,35-37,39-40,57H,17-22,25-26H2,1-8H3,(H,49,51)(H,50,52)(H,53,59)(H,54,60)/t31-,32-,35+,36+,37?,39-,40-/m1/s1. The number of ether oxygens (including phenoxy) is 2. The van der Waals surface area contributed by atoms with Gasteiger partial charge in [0.15, 0.2) is 0 Å². The molecule has 16 heteroatoms. The van der Waals surface area contributed by atoms with Crippen molar-refractivity contribution in [3.05, 3.63) is 72.6 Å². The van der Waals surface area contributed by atoms with E-state index in [1.54, 1.807) is 12.4 Å². The topological polar surface area (TPSA) is 178 Å². The summed E-state index contributed by atoms with van der Waals surface area (Å²) >= 11 is 0. The van der Waals surface area contributed by atoms with E-state index < -0.39 is 59.5 Å². The summed E-state index contributed by atoms with van der Waals surface area (Å²) in [4.78, 5) is 59.0. The number of rotatable bonds is 16. The second kappa shape index (κ2) is 19.6. The lowest BCUT2D eigenvalue weighted by Crippen LogP contribution is -2.50. The Labute approximate surface area is 362 Å². The Hall–Kier alpha value is -5.03. The summed E-state index contributed by atoms with van der Waals surface area (Å²) < 4.78 is 39.1. The molecule has 7 atom stereocenters. The molecular formula is C46H62F2N8O6. The Kier molecular flexibility index (Phi) is 14.7. The van der Waals surface area contributed by atoms with Gasteiger partial charge < -0.3 is 40.1 Å². The third kappa shape index (κ3) is 10.9. The second-order valence-corrected chi connectivity index (χ2v) is 18.6. The van der Waals surface area contributed by atoms with Crippen molar-refractivity contribution in [2.75, 3.05) is 40.5 Å². The zero-order chi connectivity index (χ0) is 44.9. The molecule has 5 N–H and O–H groups in total. The Morgan fingerprint density at radius 1 is 0.726 bits per heavy atom. The van der Waals surface area contributed by atoms with Crippen LogP contribution in [0.2, 0.25) is 0 Å². The van der Waals surface area contributed by atoms with Crippen LogP contribution in [-0.4, -0.2) is 124 Å². The van der Waals surface area contributed by atoms with Crippen LogP contribution < -0.4 is 10.6 Å². The number of aromatic nitrogens is 4. The first-order valence-electron chi connectivity index (χ1n) is 21.3. The number of hydrogen-bond donors (Lipinski definition) is 5. The lowest BCUT2D eigenvalue weighted by molar-refractivity contribution is -0.139. The molecule has 2 fully saturated rings.